The molecule has 112 valence electrons. The van der Waals surface area contributed by atoms with Crippen molar-refractivity contribution in [1.82, 2.24) is 10.3 Å². The van der Waals surface area contributed by atoms with Crippen molar-refractivity contribution in [3.05, 3.63) is 36.0 Å². The molecule has 0 saturated carbocycles. The molecule has 1 fully saturated rings. The van der Waals surface area contributed by atoms with Gasteiger partial charge in [-0.2, -0.15) is 0 Å². The van der Waals surface area contributed by atoms with E-state index < -0.39 is 0 Å². The molecule has 4 heteroatoms. The van der Waals surface area contributed by atoms with Crippen molar-refractivity contribution in [2.24, 2.45) is 0 Å². The van der Waals surface area contributed by atoms with Gasteiger partial charge in [0.05, 0.1) is 11.1 Å². The molecule has 0 aliphatic carbocycles. The molecule has 1 N–H and O–H groups in total. The predicted octanol–water partition coefficient (Wildman–Crippen LogP) is 2.69. The first-order valence-corrected chi connectivity index (χ1v) is 7.41. The molecule has 4 nitrogen and oxygen atoms in total. The Morgan fingerprint density at radius 3 is 3.00 bits per heavy atom. The van der Waals surface area contributed by atoms with Crippen molar-refractivity contribution >= 4 is 10.9 Å². The summed E-state index contributed by atoms with van der Waals surface area (Å²) in [5.41, 5.74) is 1.80. The summed E-state index contributed by atoms with van der Waals surface area (Å²) in [6.45, 7) is 8.42. The van der Waals surface area contributed by atoms with Crippen LogP contribution in [-0.4, -0.2) is 36.4 Å². The minimum atomic E-state index is -0.136. The summed E-state index contributed by atoms with van der Waals surface area (Å²) < 4.78 is 12.1. The van der Waals surface area contributed by atoms with Crippen molar-refractivity contribution in [1.29, 1.82) is 0 Å². The lowest BCUT2D eigenvalue weighted by Gasteiger charge is -2.36. The second-order valence-electron chi connectivity index (χ2n) is 6.22. The normalized spacial score (nSPS) is 21.4. The van der Waals surface area contributed by atoms with Crippen LogP contribution in [0.25, 0.3) is 10.9 Å². The van der Waals surface area contributed by atoms with E-state index in [1.165, 1.54) is 0 Å². The largest absolute Gasteiger partial charge is 0.490 e. The second-order valence-corrected chi connectivity index (χ2v) is 6.22. The van der Waals surface area contributed by atoms with Gasteiger partial charge < -0.3 is 14.8 Å². The van der Waals surface area contributed by atoms with Crippen molar-refractivity contribution in [2.75, 3.05) is 19.7 Å². The van der Waals surface area contributed by atoms with Gasteiger partial charge >= 0.3 is 0 Å². The molecule has 1 aliphatic rings. The Kier molecular flexibility index (Phi) is 3.83. The summed E-state index contributed by atoms with van der Waals surface area (Å²) in [6, 6.07) is 10.0. The van der Waals surface area contributed by atoms with Gasteiger partial charge in [-0.1, -0.05) is 12.1 Å². The molecule has 1 aliphatic heterocycles. The zero-order valence-corrected chi connectivity index (χ0v) is 12.8. The van der Waals surface area contributed by atoms with E-state index in [4.69, 9.17) is 9.47 Å². The van der Waals surface area contributed by atoms with E-state index in [-0.39, 0.29) is 11.7 Å². The van der Waals surface area contributed by atoms with Gasteiger partial charge in [0.2, 0.25) is 0 Å². The number of aryl methyl sites for hydroxylation is 1. The van der Waals surface area contributed by atoms with Crippen molar-refractivity contribution in [2.45, 2.75) is 32.5 Å². The lowest BCUT2D eigenvalue weighted by molar-refractivity contribution is -0.106. The van der Waals surface area contributed by atoms with Crippen LogP contribution in [0.1, 0.15) is 19.5 Å². The monoisotopic (exact) mass is 286 g/mol. The zero-order valence-electron chi connectivity index (χ0n) is 12.8. The predicted molar refractivity (Wildman–Crippen MR) is 83.8 cm³/mol. The van der Waals surface area contributed by atoms with Gasteiger partial charge in [0.25, 0.3) is 0 Å². The molecular formula is C17H22N2O2. The Morgan fingerprint density at radius 2 is 2.19 bits per heavy atom. The molecule has 0 amide bonds. The number of para-hydroxylation sites is 1. The number of hydrogen-bond acceptors (Lipinski definition) is 4. The standard InChI is InChI=1S/C17H22N2O2/c1-12-8-16(14-6-4-5-7-15(14)19-12)20-10-13-9-18-11-17(2,3)21-13/h4-8,13,18H,9-11H2,1-3H3. The average Bonchev–Trinajstić information content (AvgIpc) is 2.43. The van der Waals surface area contributed by atoms with E-state index in [9.17, 15) is 0 Å². The van der Waals surface area contributed by atoms with Gasteiger partial charge in [-0.05, 0) is 32.9 Å². The number of morpholine rings is 1. The van der Waals surface area contributed by atoms with Crippen LogP contribution in [0.5, 0.6) is 5.75 Å². The first kappa shape index (κ1) is 14.3. The molecule has 2 heterocycles. The van der Waals surface area contributed by atoms with Crippen LogP contribution >= 0.6 is 0 Å². The molecule has 2 aromatic rings. The maximum Gasteiger partial charge on any atom is 0.130 e. The van der Waals surface area contributed by atoms with Crippen LogP contribution in [0, 0.1) is 6.92 Å². The lowest BCUT2D eigenvalue weighted by atomic mass is 10.1. The summed E-state index contributed by atoms with van der Waals surface area (Å²) in [5.74, 6) is 0.880. The molecule has 1 saturated heterocycles. The highest BCUT2D eigenvalue weighted by molar-refractivity contribution is 5.85. The fourth-order valence-corrected chi connectivity index (χ4v) is 2.73. The molecule has 21 heavy (non-hydrogen) atoms. The van der Waals surface area contributed by atoms with Gasteiger partial charge in [0.15, 0.2) is 0 Å². The Labute approximate surface area is 125 Å². The number of nitrogens with one attached hydrogen (secondary N) is 1. The second kappa shape index (κ2) is 5.62. The topological polar surface area (TPSA) is 43.4 Å². The molecule has 1 atom stereocenters. The Hall–Kier alpha value is -1.65. The first-order valence-electron chi connectivity index (χ1n) is 7.41. The summed E-state index contributed by atoms with van der Waals surface area (Å²) in [4.78, 5) is 4.53. The summed E-state index contributed by atoms with van der Waals surface area (Å²) in [7, 11) is 0. The molecule has 3 rings (SSSR count). The molecule has 1 aromatic heterocycles. The summed E-state index contributed by atoms with van der Waals surface area (Å²) >= 11 is 0. The highest BCUT2D eigenvalue weighted by Crippen LogP contribution is 2.26. The number of fused-ring (bicyclic) bond motifs is 1. The molecule has 1 unspecified atom stereocenters. The molecular weight excluding hydrogens is 264 g/mol. The van der Waals surface area contributed by atoms with E-state index >= 15 is 0 Å². The smallest absolute Gasteiger partial charge is 0.130 e. The fourth-order valence-electron chi connectivity index (χ4n) is 2.73. The minimum absolute atomic E-state index is 0.0704. The summed E-state index contributed by atoms with van der Waals surface area (Å²) in [6.07, 6.45) is 0.0704. The number of benzene rings is 1. The van der Waals surface area contributed by atoms with Gasteiger partial charge in [0.1, 0.15) is 18.5 Å². The van der Waals surface area contributed by atoms with Gasteiger partial charge in [-0.15, -0.1) is 0 Å². The number of aromatic nitrogens is 1. The Balaban J connectivity index is 1.76. The van der Waals surface area contributed by atoms with Crippen LogP contribution in [0.2, 0.25) is 0 Å². The SMILES string of the molecule is Cc1cc(OCC2CNCC(C)(C)O2)c2ccccc2n1. The molecule has 0 spiro atoms. The van der Waals surface area contributed by atoms with Crippen LogP contribution in [0.15, 0.2) is 30.3 Å². The van der Waals surface area contributed by atoms with Crippen molar-refractivity contribution in [3.8, 4) is 5.75 Å². The van der Waals surface area contributed by atoms with E-state index in [2.05, 4.69) is 24.1 Å². The Morgan fingerprint density at radius 1 is 1.38 bits per heavy atom. The van der Waals surface area contributed by atoms with Crippen LogP contribution in [-0.2, 0) is 4.74 Å². The van der Waals surface area contributed by atoms with Crippen LogP contribution in [0.3, 0.4) is 0 Å². The number of rotatable bonds is 3. The lowest BCUT2D eigenvalue weighted by Crippen LogP contribution is -2.52. The number of hydrogen-bond donors (Lipinski definition) is 1. The quantitative estimate of drug-likeness (QED) is 0.942. The Bertz CT molecular complexity index is 640. The first-order chi connectivity index (χ1) is 10.0. The summed E-state index contributed by atoms with van der Waals surface area (Å²) in [5, 5.41) is 4.44. The van der Waals surface area contributed by atoms with Crippen molar-refractivity contribution < 1.29 is 9.47 Å². The zero-order chi connectivity index (χ0) is 14.9. The average molecular weight is 286 g/mol. The van der Waals surface area contributed by atoms with E-state index in [1.807, 2.05) is 37.3 Å². The number of ether oxygens (including phenoxy) is 2. The molecule has 0 radical (unpaired) electrons. The maximum atomic E-state index is 6.03. The highest BCUT2D eigenvalue weighted by atomic mass is 16.5. The fraction of sp³-hybridized carbons (Fsp3) is 0.471. The van der Waals surface area contributed by atoms with Crippen molar-refractivity contribution in [3.63, 3.8) is 0 Å². The number of pyridine rings is 1. The van der Waals surface area contributed by atoms with Gasteiger partial charge in [0, 0.05) is 30.2 Å². The van der Waals surface area contributed by atoms with Crippen LogP contribution in [0.4, 0.5) is 0 Å². The van der Waals surface area contributed by atoms with Gasteiger partial charge in [-0.25, -0.2) is 0 Å². The maximum absolute atomic E-state index is 6.03. The van der Waals surface area contributed by atoms with Crippen LogP contribution < -0.4 is 10.1 Å². The number of nitrogens with zero attached hydrogens (tertiary/aromatic N) is 1. The third-order valence-electron chi connectivity index (χ3n) is 3.64. The minimum Gasteiger partial charge on any atom is -0.490 e. The molecule has 1 aromatic carbocycles. The van der Waals surface area contributed by atoms with Gasteiger partial charge in [-0.3, -0.25) is 4.98 Å². The highest BCUT2D eigenvalue weighted by Gasteiger charge is 2.28. The van der Waals surface area contributed by atoms with E-state index in [0.29, 0.717) is 6.61 Å². The molecule has 0 bridgehead atoms. The third kappa shape index (κ3) is 3.34. The van der Waals surface area contributed by atoms with E-state index in [1.54, 1.807) is 0 Å². The third-order valence-corrected chi connectivity index (χ3v) is 3.64. The van der Waals surface area contributed by atoms with E-state index in [0.717, 1.165) is 35.4 Å².